The predicted molar refractivity (Wildman–Crippen MR) is 84.6 cm³/mol. The molecule has 0 bridgehead atoms. The standard InChI is InChI=1S/C18H13NO4/c20-14-9-5-4-8-13(14)19-18(22)16-11-10-15(23-16)17(21)12-6-2-1-3-7-12/h1-11,20H,(H,19,22). The third kappa shape index (κ3) is 3.13. The van der Waals surface area contributed by atoms with Crippen molar-refractivity contribution in [1.82, 2.24) is 0 Å². The highest BCUT2D eigenvalue weighted by Gasteiger charge is 2.17. The Bertz CT molecular complexity index is 852. The van der Waals surface area contributed by atoms with Gasteiger partial charge in [0, 0.05) is 5.56 Å². The minimum absolute atomic E-state index is 0.00691. The molecule has 0 saturated carbocycles. The Morgan fingerprint density at radius 3 is 2.22 bits per heavy atom. The molecular formula is C18H13NO4. The highest BCUT2D eigenvalue weighted by molar-refractivity contribution is 6.08. The number of anilines is 1. The Labute approximate surface area is 132 Å². The van der Waals surface area contributed by atoms with Crippen LogP contribution < -0.4 is 5.32 Å². The van der Waals surface area contributed by atoms with E-state index in [2.05, 4.69) is 5.32 Å². The third-order valence-corrected chi connectivity index (χ3v) is 3.24. The van der Waals surface area contributed by atoms with E-state index in [0.29, 0.717) is 5.56 Å². The zero-order valence-corrected chi connectivity index (χ0v) is 12.0. The maximum absolute atomic E-state index is 12.2. The average molecular weight is 307 g/mol. The van der Waals surface area contributed by atoms with Crippen molar-refractivity contribution in [1.29, 1.82) is 0 Å². The van der Waals surface area contributed by atoms with Gasteiger partial charge in [0.2, 0.25) is 5.78 Å². The van der Waals surface area contributed by atoms with Crippen molar-refractivity contribution in [2.75, 3.05) is 5.32 Å². The summed E-state index contributed by atoms with van der Waals surface area (Å²) in [7, 11) is 0. The van der Waals surface area contributed by atoms with Crippen LogP contribution in [0.4, 0.5) is 5.69 Å². The summed E-state index contributed by atoms with van der Waals surface area (Å²) in [5.41, 5.74) is 0.749. The molecule has 23 heavy (non-hydrogen) atoms. The van der Waals surface area contributed by atoms with Gasteiger partial charge in [0.25, 0.3) is 5.91 Å². The van der Waals surface area contributed by atoms with Crippen molar-refractivity contribution in [3.8, 4) is 5.75 Å². The van der Waals surface area contributed by atoms with E-state index in [1.54, 1.807) is 42.5 Å². The van der Waals surface area contributed by atoms with Crippen molar-refractivity contribution < 1.29 is 19.1 Å². The smallest absolute Gasteiger partial charge is 0.291 e. The van der Waals surface area contributed by atoms with Crippen LogP contribution >= 0.6 is 0 Å². The van der Waals surface area contributed by atoms with Crippen molar-refractivity contribution in [2.24, 2.45) is 0 Å². The first kappa shape index (κ1) is 14.6. The predicted octanol–water partition coefficient (Wildman–Crippen LogP) is 3.47. The number of furan rings is 1. The molecule has 0 aliphatic heterocycles. The van der Waals surface area contributed by atoms with Gasteiger partial charge in [0.1, 0.15) is 5.75 Å². The summed E-state index contributed by atoms with van der Waals surface area (Å²) in [5.74, 6) is -0.815. The zero-order valence-electron chi connectivity index (χ0n) is 12.0. The number of benzene rings is 2. The number of phenolic OH excluding ortho intramolecular Hbond substituents is 1. The van der Waals surface area contributed by atoms with E-state index >= 15 is 0 Å². The quantitative estimate of drug-likeness (QED) is 0.571. The Morgan fingerprint density at radius 1 is 0.826 bits per heavy atom. The fourth-order valence-corrected chi connectivity index (χ4v) is 2.08. The molecule has 3 aromatic rings. The van der Waals surface area contributed by atoms with Gasteiger partial charge in [-0.25, -0.2) is 0 Å². The van der Waals surface area contributed by atoms with Gasteiger partial charge in [0.15, 0.2) is 11.5 Å². The minimum Gasteiger partial charge on any atom is -0.506 e. The fraction of sp³-hybridized carbons (Fsp3) is 0. The summed E-state index contributed by atoms with van der Waals surface area (Å²) >= 11 is 0. The number of ketones is 1. The van der Waals surface area contributed by atoms with Crippen LogP contribution in [0.2, 0.25) is 0 Å². The molecule has 2 aromatic carbocycles. The molecule has 0 aliphatic rings. The lowest BCUT2D eigenvalue weighted by Crippen LogP contribution is -2.11. The van der Waals surface area contributed by atoms with Gasteiger partial charge >= 0.3 is 0 Å². The second kappa shape index (κ2) is 6.19. The number of para-hydroxylation sites is 2. The molecule has 0 unspecified atom stereocenters. The van der Waals surface area contributed by atoms with E-state index in [1.807, 2.05) is 6.07 Å². The van der Waals surface area contributed by atoms with Crippen LogP contribution in [0.15, 0.2) is 71.1 Å². The molecule has 0 saturated heterocycles. The molecular weight excluding hydrogens is 294 g/mol. The number of rotatable bonds is 4. The fourth-order valence-electron chi connectivity index (χ4n) is 2.08. The summed E-state index contributed by atoms with van der Waals surface area (Å²) in [4.78, 5) is 24.3. The van der Waals surface area contributed by atoms with Crippen LogP contribution in [0.1, 0.15) is 26.7 Å². The van der Waals surface area contributed by atoms with Crippen molar-refractivity contribution in [3.05, 3.63) is 83.8 Å². The summed E-state index contributed by atoms with van der Waals surface area (Å²) in [6, 6.07) is 17.9. The Hall–Kier alpha value is -3.34. The molecule has 1 heterocycles. The molecule has 0 radical (unpaired) electrons. The Morgan fingerprint density at radius 2 is 1.48 bits per heavy atom. The highest BCUT2D eigenvalue weighted by Crippen LogP contribution is 2.23. The summed E-state index contributed by atoms with van der Waals surface area (Å²) < 4.78 is 5.33. The zero-order chi connectivity index (χ0) is 16.2. The van der Waals surface area contributed by atoms with Gasteiger partial charge in [-0.3, -0.25) is 9.59 Å². The van der Waals surface area contributed by atoms with Crippen molar-refractivity contribution in [3.63, 3.8) is 0 Å². The minimum atomic E-state index is -0.543. The lowest BCUT2D eigenvalue weighted by Gasteiger charge is -2.04. The summed E-state index contributed by atoms with van der Waals surface area (Å²) in [6.07, 6.45) is 0. The molecule has 2 N–H and O–H groups in total. The summed E-state index contributed by atoms with van der Waals surface area (Å²) in [5, 5.41) is 12.2. The summed E-state index contributed by atoms with van der Waals surface area (Å²) in [6.45, 7) is 0. The van der Waals surface area contributed by atoms with E-state index in [4.69, 9.17) is 4.42 Å². The SMILES string of the molecule is O=C(Nc1ccccc1O)c1ccc(C(=O)c2ccccc2)o1. The molecule has 5 nitrogen and oxygen atoms in total. The molecule has 0 aliphatic carbocycles. The maximum atomic E-state index is 12.2. The second-order valence-corrected chi connectivity index (χ2v) is 4.83. The van der Waals surface area contributed by atoms with Gasteiger partial charge in [-0.2, -0.15) is 0 Å². The van der Waals surface area contributed by atoms with E-state index in [9.17, 15) is 14.7 Å². The molecule has 0 atom stereocenters. The Kier molecular flexibility index (Phi) is 3.93. The average Bonchev–Trinajstić information content (AvgIpc) is 3.07. The number of hydrogen-bond acceptors (Lipinski definition) is 4. The molecule has 0 spiro atoms. The highest BCUT2D eigenvalue weighted by atomic mass is 16.4. The van der Waals surface area contributed by atoms with Crippen LogP contribution in [0.5, 0.6) is 5.75 Å². The number of hydrogen-bond donors (Lipinski definition) is 2. The molecule has 114 valence electrons. The molecule has 5 heteroatoms. The topological polar surface area (TPSA) is 79.5 Å². The number of amides is 1. The maximum Gasteiger partial charge on any atom is 0.291 e. The van der Waals surface area contributed by atoms with Gasteiger partial charge in [0.05, 0.1) is 5.69 Å². The van der Waals surface area contributed by atoms with E-state index in [-0.39, 0.29) is 28.7 Å². The molecule has 3 rings (SSSR count). The van der Waals surface area contributed by atoms with E-state index < -0.39 is 5.91 Å². The monoisotopic (exact) mass is 307 g/mol. The van der Waals surface area contributed by atoms with Gasteiger partial charge in [-0.1, -0.05) is 42.5 Å². The van der Waals surface area contributed by atoms with Crippen LogP contribution in [0.25, 0.3) is 0 Å². The van der Waals surface area contributed by atoms with Crippen LogP contribution in [-0.4, -0.2) is 16.8 Å². The number of aromatic hydroxyl groups is 1. The molecule has 1 aromatic heterocycles. The van der Waals surface area contributed by atoms with Crippen LogP contribution in [-0.2, 0) is 0 Å². The van der Waals surface area contributed by atoms with Gasteiger partial charge in [-0.05, 0) is 24.3 Å². The third-order valence-electron chi connectivity index (χ3n) is 3.24. The Balaban J connectivity index is 1.78. The van der Waals surface area contributed by atoms with Gasteiger partial charge in [-0.15, -0.1) is 0 Å². The number of carbonyl (C=O) groups is 2. The van der Waals surface area contributed by atoms with Crippen LogP contribution in [0, 0.1) is 0 Å². The normalized spacial score (nSPS) is 10.3. The second-order valence-electron chi connectivity index (χ2n) is 4.83. The molecule has 0 fully saturated rings. The van der Waals surface area contributed by atoms with Crippen molar-refractivity contribution >= 4 is 17.4 Å². The number of phenols is 1. The van der Waals surface area contributed by atoms with Crippen molar-refractivity contribution in [2.45, 2.75) is 0 Å². The number of nitrogens with one attached hydrogen (secondary N) is 1. The first-order chi connectivity index (χ1) is 11.1. The lowest BCUT2D eigenvalue weighted by atomic mass is 10.1. The van der Waals surface area contributed by atoms with E-state index in [1.165, 1.54) is 18.2 Å². The largest absolute Gasteiger partial charge is 0.506 e. The lowest BCUT2D eigenvalue weighted by molar-refractivity contribution is 0.0979. The first-order valence-corrected chi connectivity index (χ1v) is 6.94. The number of carbonyl (C=O) groups excluding carboxylic acids is 2. The van der Waals surface area contributed by atoms with E-state index in [0.717, 1.165) is 0 Å². The first-order valence-electron chi connectivity index (χ1n) is 6.94. The molecule has 1 amide bonds. The van der Waals surface area contributed by atoms with Gasteiger partial charge < -0.3 is 14.8 Å². The van der Waals surface area contributed by atoms with Crippen LogP contribution in [0.3, 0.4) is 0 Å².